The van der Waals surface area contributed by atoms with Gasteiger partial charge in [0.25, 0.3) is 0 Å². The Morgan fingerprint density at radius 1 is 1.33 bits per heavy atom. The average Bonchev–Trinajstić information content (AvgIpc) is 2.89. The van der Waals surface area contributed by atoms with Crippen molar-refractivity contribution in [3.8, 4) is 0 Å². The third-order valence-corrected chi connectivity index (χ3v) is 4.89. The lowest BCUT2D eigenvalue weighted by Gasteiger charge is -2.33. The minimum atomic E-state index is -0.807. The SMILES string of the molecule is Cc1csc(CNC(=O)NCC2(C(=O)O)CCCCC2)n1. The van der Waals surface area contributed by atoms with Crippen LogP contribution in [0.25, 0.3) is 0 Å². The zero-order valence-electron chi connectivity index (χ0n) is 12.1. The van der Waals surface area contributed by atoms with E-state index in [4.69, 9.17) is 0 Å². The quantitative estimate of drug-likeness (QED) is 0.778. The molecule has 1 aliphatic carbocycles. The zero-order chi connectivity index (χ0) is 15.3. The molecule has 0 spiro atoms. The van der Waals surface area contributed by atoms with E-state index in [0.717, 1.165) is 30.0 Å². The van der Waals surface area contributed by atoms with Gasteiger partial charge in [0.2, 0.25) is 0 Å². The van der Waals surface area contributed by atoms with Crippen LogP contribution in [-0.4, -0.2) is 28.6 Å². The molecule has 1 aromatic heterocycles. The summed E-state index contributed by atoms with van der Waals surface area (Å²) in [7, 11) is 0. The molecule has 0 saturated heterocycles. The number of hydrogen-bond donors (Lipinski definition) is 3. The van der Waals surface area contributed by atoms with E-state index in [0.29, 0.717) is 19.4 Å². The van der Waals surface area contributed by atoms with Gasteiger partial charge < -0.3 is 15.7 Å². The summed E-state index contributed by atoms with van der Waals surface area (Å²) in [6.45, 7) is 2.45. The van der Waals surface area contributed by atoms with Crippen LogP contribution >= 0.6 is 11.3 Å². The number of aliphatic carboxylic acids is 1. The second-order valence-electron chi connectivity index (χ2n) is 5.56. The Bertz CT molecular complexity index is 509. The van der Waals surface area contributed by atoms with Gasteiger partial charge >= 0.3 is 12.0 Å². The fourth-order valence-electron chi connectivity index (χ4n) is 2.65. The van der Waals surface area contributed by atoms with E-state index in [-0.39, 0.29) is 12.6 Å². The summed E-state index contributed by atoms with van der Waals surface area (Å²) in [6, 6.07) is -0.339. The lowest BCUT2D eigenvalue weighted by atomic mass is 9.74. The lowest BCUT2D eigenvalue weighted by Crippen LogP contribution is -2.47. The van der Waals surface area contributed by atoms with Gasteiger partial charge in [-0.3, -0.25) is 4.79 Å². The summed E-state index contributed by atoms with van der Waals surface area (Å²) in [6.07, 6.45) is 4.16. The molecule has 1 saturated carbocycles. The Labute approximate surface area is 128 Å². The standard InChI is InChI=1S/C14H21N3O3S/c1-10-8-21-11(17-10)7-15-13(20)16-9-14(12(18)19)5-3-2-4-6-14/h8H,2-7,9H2,1H3,(H,18,19)(H2,15,16,20). The number of thiazole rings is 1. The number of aryl methyl sites for hydroxylation is 1. The van der Waals surface area contributed by atoms with E-state index < -0.39 is 11.4 Å². The van der Waals surface area contributed by atoms with Crippen molar-refractivity contribution in [3.05, 3.63) is 16.1 Å². The Morgan fingerprint density at radius 2 is 2.05 bits per heavy atom. The predicted molar refractivity (Wildman–Crippen MR) is 80.2 cm³/mol. The summed E-state index contributed by atoms with van der Waals surface area (Å²) < 4.78 is 0. The number of hydrogen-bond acceptors (Lipinski definition) is 4. The molecule has 3 N–H and O–H groups in total. The maximum atomic E-state index is 11.8. The number of carboxylic acids is 1. The monoisotopic (exact) mass is 311 g/mol. The number of carboxylic acid groups (broad SMARTS) is 1. The van der Waals surface area contributed by atoms with Gasteiger partial charge in [0.05, 0.1) is 12.0 Å². The van der Waals surface area contributed by atoms with E-state index in [9.17, 15) is 14.7 Å². The molecule has 7 heteroatoms. The summed E-state index contributed by atoms with van der Waals surface area (Å²) in [5.41, 5.74) is 0.136. The van der Waals surface area contributed by atoms with Crippen LogP contribution in [0.1, 0.15) is 42.8 Å². The minimum absolute atomic E-state index is 0.186. The molecule has 0 radical (unpaired) electrons. The van der Waals surface area contributed by atoms with E-state index in [1.54, 1.807) is 0 Å². The molecule has 0 aromatic carbocycles. The van der Waals surface area contributed by atoms with Gasteiger partial charge in [0.1, 0.15) is 5.01 Å². The number of amides is 2. The Morgan fingerprint density at radius 3 is 2.62 bits per heavy atom. The van der Waals surface area contributed by atoms with Crippen LogP contribution in [-0.2, 0) is 11.3 Å². The highest BCUT2D eigenvalue weighted by Crippen LogP contribution is 2.35. The van der Waals surface area contributed by atoms with Gasteiger partial charge in [0, 0.05) is 17.6 Å². The number of aromatic nitrogens is 1. The second-order valence-corrected chi connectivity index (χ2v) is 6.51. The highest BCUT2D eigenvalue weighted by Gasteiger charge is 2.39. The normalized spacial score (nSPS) is 17.2. The van der Waals surface area contributed by atoms with E-state index in [1.165, 1.54) is 11.3 Å². The van der Waals surface area contributed by atoms with Crippen LogP contribution in [0.4, 0.5) is 4.79 Å². The van der Waals surface area contributed by atoms with Gasteiger partial charge in [-0.1, -0.05) is 19.3 Å². The highest BCUT2D eigenvalue weighted by atomic mass is 32.1. The number of rotatable bonds is 5. The number of nitrogens with zero attached hydrogens (tertiary/aromatic N) is 1. The third kappa shape index (κ3) is 4.17. The zero-order valence-corrected chi connectivity index (χ0v) is 13.0. The first-order valence-corrected chi connectivity index (χ1v) is 8.06. The largest absolute Gasteiger partial charge is 0.481 e. The molecule has 1 heterocycles. The molecule has 0 unspecified atom stereocenters. The van der Waals surface area contributed by atoms with Crippen LogP contribution in [0.15, 0.2) is 5.38 Å². The first-order valence-electron chi connectivity index (χ1n) is 7.18. The Kier molecular flexibility index (Phi) is 5.17. The predicted octanol–water partition coefficient (Wildman–Crippen LogP) is 2.29. The van der Waals surface area contributed by atoms with Gasteiger partial charge in [-0.15, -0.1) is 11.3 Å². The second kappa shape index (κ2) is 6.89. The molecule has 1 aliphatic rings. The fourth-order valence-corrected chi connectivity index (χ4v) is 3.36. The van der Waals surface area contributed by atoms with Crippen molar-refractivity contribution in [2.45, 2.75) is 45.6 Å². The molecule has 1 aromatic rings. The molecule has 1 fully saturated rings. The maximum Gasteiger partial charge on any atom is 0.315 e. The molecule has 6 nitrogen and oxygen atoms in total. The molecular formula is C14H21N3O3S. The van der Waals surface area contributed by atoms with Crippen LogP contribution in [0.2, 0.25) is 0 Å². The van der Waals surface area contributed by atoms with Crippen LogP contribution in [0, 0.1) is 12.3 Å². The van der Waals surface area contributed by atoms with Crippen LogP contribution in [0.5, 0.6) is 0 Å². The fraction of sp³-hybridized carbons (Fsp3) is 0.643. The molecular weight excluding hydrogens is 290 g/mol. The van der Waals surface area contributed by atoms with Crippen molar-refractivity contribution < 1.29 is 14.7 Å². The first-order chi connectivity index (χ1) is 10.0. The van der Waals surface area contributed by atoms with Crippen molar-refractivity contribution in [1.29, 1.82) is 0 Å². The molecule has 0 aliphatic heterocycles. The molecule has 0 atom stereocenters. The number of carbonyl (C=O) groups excluding carboxylic acids is 1. The van der Waals surface area contributed by atoms with Crippen molar-refractivity contribution in [2.75, 3.05) is 6.54 Å². The average molecular weight is 311 g/mol. The van der Waals surface area contributed by atoms with Crippen molar-refractivity contribution in [3.63, 3.8) is 0 Å². The van der Waals surface area contributed by atoms with Crippen LogP contribution in [0.3, 0.4) is 0 Å². The smallest absolute Gasteiger partial charge is 0.315 e. The number of urea groups is 1. The summed E-state index contributed by atoms with van der Waals surface area (Å²) in [4.78, 5) is 27.5. The Balaban J connectivity index is 1.80. The van der Waals surface area contributed by atoms with Gasteiger partial charge in [-0.25, -0.2) is 9.78 Å². The van der Waals surface area contributed by atoms with Crippen molar-refractivity contribution in [1.82, 2.24) is 15.6 Å². The third-order valence-electron chi connectivity index (χ3n) is 3.92. The molecule has 21 heavy (non-hydrogen) atoms. The maximum absolute atomic E-state index is 11.8. The minimum Gasteiger partial charge on any atom is -0.481 e. The van der Waals surface area contributed by atoms with Gasteiger partial charge in [0.15, 0.2) is 0 Å². The lowest BCUT2D eigenvalue weighted by molar-refractivity contribution is -0.150. The van der Waals surface area contributed by atoms with E-state index in [1.807, 2.05) is 12.3 Å². The summed E-state index contributed by atoms with van der Waals surface area (Å²) >= 11 is 1.49. The van der Waals surface area contributed by atoms with Gasteiger partial charge in [-0.05, 0) is 19.8 Å². The summed E-state index contributed by atoms with van der Waals surface area (Å²) in [5, 5.41) is 17.6. The van der Waals surface area contributed by atoms with E-state index in [2.05, 4.69) is 15.6 Å². The summed E-state index contributed by atoms with van der Waals surface area (Å²) in [5.74, 6) is -0.807. The number of carbonyl (C=O) groups is 2. The molecule has 2 amide bonds. The molecule has 2 rings (SSSR count). The highest BCUT2D eigenvalue weighted by molar-refractivity contribution is 7.09. The van der Waals surface area contributed by atoms with Crippen molar-refractivity contribution in [2.24, 2.45) is 5.41 Å². The first kappa shape index (κ1) is 15.8. The van der Waals surface area contributed by atoms with E-state index >= 15 is 0 Å². The van der Waals surface area contributed by atoms with Crippen LogP contribution < -0.4 is 10.6 Å². The Hall–Kier alpha value is -1.63. The molecule has 0 bridgehead atoms. The van der Waals surface area contributed by atoms with Crippen molar-refractivity contribution >= 4 is 23.3 Å². The topological polar surface area (TPSA) is 91.3 Å². The number of nitrogens with one attached hydrogen (secondary N) is 2. The van der Waals surface area contributed by atoms with Gasteiger partial charge in [-0.2, -0.15) is 0 Å². The molecule has 116 valence electrons.